The van der Waals surface area contributed by atoms with Crippen LogP contribution >= 0.6 is 11.6 Å². The van der Waals surface area contributed by atoms with Crippen LogP contribution in [-0.2, 0) is 5.60 Å². The third kappa shape index (κ3) is 1.89. The molecule has 108 valence electrons. The van der Waals surface area contributed by atoms with E-state index in [-0.39, 0.29) is 5.92 Å². The van der Waals surface area contributed by atoms with Crippen LogP contribution in [0.5, 0.6) is 11.5 Å². The lowest BCUT2D eigenvalue weighted by Crippen LogP contribution is -2.33. The Balaban J connectivity index is 2.00. The fourth-order valence-electron chi connectivity index (χ4n) is 3.59. The molecule has 2 atom stereocenters. The van der Waals surface area contributed by atoms with Gasteiger partial charge in [-0.1, -0.05) is 29.8 Å². The Hall–Kier alpha value is -1.55. The molecule has 1 fully saturated rings. The summed E-state index contributed by atoms with van der Waals surface area (Å²) in [7, 11) is 2.03. The zero-order chi connectivity index (χ0) is 14.6. The molecular formula is C17H16ClNO2. The lowest BCUT2D eigenvalue weighted by molar-refractivity contribution is 0.0337. The van der Waals surface area contributed by atoms with Crippen molar-refractivity contribution in [1.29, 1.82) is 0 Å². The molecule has 0 unspecified atom stereocenters. The van der Waals surface area contributed by atoms with E-state index < -0.39 is 5.60 Å². The topological polar surface area (TPSA) is 32.7 Å². The summed E-state index contributed by atoms with van der Waals surface area (Å²) < 4.78 is 6.06. The SMILES string of the molecule is CN1C[C@H]2c3ccccc3Oc3ccc(Cl)cc3[C@@]2(O)C1. The Morgan fingerprint density at radius 2 is 2.05 bits per heavy atom. The Bertz CT molecular complexity index is 718. The highest BCUT2D eigenvalue weighted by Gasteiger charge is 2.50. The van der Waals surface area contributed by atoms with Crippen LogP contribution in [0.1, 0.15) is 17.0 Å². The van der Waals surface area contributed by atoms with E-state index in [0.717, 1.165) is 23.4 Å². The number of likely N-dealkylation sites (tertiary alicyclic amines) is 1. The molecule has 3 nitrogen and oxygen atoms in total. The second-order valence-corrected chi connectivity index (χ2v) is 6.39. The molecule has 2 aromatic carbocycles. The molecule has 4 heteroatoms. The minimum absolute atomic E-state index is 0.0154. The van der Waals surface area contributed by atoms with Crippen LogP contribution < -0.4 is 4.74 Å². The zero-order valence-corrected chi connectivity index (χ0v) is 12.5. The number of fused-ring (bicyclic) bond motifs is 5. The normalized spacial score (nSPS) is 27.3. The van der Waals surface area contributed by atoms with Gasteiger partial charge in [0.1, 0.15) is 17.1 Å². The Morgan fingerprint density at radius 3 is 2.90 bits per heavy atom. The maximum Gasteiger partial charge on any atom is 0.133 e. The third-order valence-corrected chi connectivity index (χ3v) is 4.74. The summed E-state index contributed by atoms with van der Waals surface area (Å²) in [6.07, 6.45) is 0. The molecule has 0 bridgehead atoms. The highest BCUT2D eigenvalue weighted by atomic mass is 35.5. The first kappa shape index (κ1) is 13.1. The number of ether oxygens (including phenoxy) is 1. The fraction of sp³-hybridized carbons (Fsp3) is 0.294. The summed E-state index contributed by atoms with van der Waals surface area (Å²) in [6.45, 7) is 1.37. The van der Waals surface area contributed by atoms with Gasteiger partial charge in [-0.15, -0.1) is 0 Å². The van der Waals surface area contributed by atoms with Crippen molar-refractivity contribution in [3.8, 4) is 11.5 Å². The molecular weight excluding hydrogens is 286 g/mol. The fourth-order valence-corrected chi connectivity index (χ4v) is 3.76. The van der Waals surface area contributed by atoms with Gasteiger partial charge in [-0.2, -0.15) is 0 Å². The van der Waals surface area contributed by atoms with Crippen molar-refractivity contribution in [3.63, 3.8) is 0 Å². The average molecular weight is 302 g/mol. The summed E-state index contributed by atoms with van der Waals surface area (Å²) in [5.74, 6) is 1.49. The van der Waals surface area contributed by atoms with E-state index in [9.17, 15) is 5.11 Å². The highest BCUT2D eigenvalue weighted by molar-refractivity contribution is 6.30. The van der Waals surface area contributed by atoms with Crippen molar-refractivity contribution in [3.05, 3.63) is 58.6 Å². The second kappa shape index (κ2) is 4.47. The number of benzene rings is 2. The first-order valence-corrected chi connectivity index (χ1v) is 7.43. The Labute approximate surface area is 128 Å². The summed E-state index contributed by atoms with van der Waals surface area (Å²) in [4.78, 5) is 2.15. The van der Waals surface area contributed by atoms with Gasteiger partial charge in [0.05, 0.1) is 0 Å². The number of β-amino-alcohol motifs (C(OH)–C–C–N with tert-alkyl or cyclic N) is 1. The van der Waals surface area contributed by atoms with Crippen molar-refractivity contribution in [2.24, 2.45) is 0 Å². The highest BCUT2D eigenvalue weighted by Crippen LogP contribution is 2.52. The first-order chi connectivity index (χ1) is 10.1. The maximum absolute atomic E-state index is 11.4. The lowest BCUT2D eigenvalue weighted by atomic mass is 9.80. The second-order valence-electron chi connectivity index (χ2n) is 5.95. The third-order valence-electron chi connectivity index (χ3n) is 4.50. The summed E-state index contributed by atoms with van der Waals surface area (Å²) >= 11 is 6.15. The van der Waals surface area contributed by atoms with E-state index in [1.54, 1.807) is 6.07 Å². The summed E-state index contributed by atoms with van der Waals surface area (Å²) in [5, 5.41) is 12.0. The number of halogens is 1. The molecule has 0 aliphatic carbocycles. The molecule has 2 aliphatic heterocycles. The Kier molecular flexibility index (Phi) is 2.80. The van der Waals surface area contributed by atoms with Crippen LogP contribution in [0, 0.1) is 0 Å². The average Bonchev–Trinajstić information content (AvgIpc) is 2.73. The molecule has 0 aromatic heterocycles. The smallest absolute Gasteiger partial charge is 0.133 e. The minimum atomic E-state index is -0.971. The standard InChI is InChI=1S/C17H16ClNO2/c1-19-9-14-12-4-2-3-5-15(12)21-16-7-6-11(18)8-13(16)17(14,20)10-19/h2-8,14,20H,9-10H2,1H3/t14-,17-/m0/s1. The van der Waals surface area contributed by atoms with E-state index >= 15 is 0 Å². The van der Waals surface area contributed by atoms with Crippen LogP contribution in [0.3, 0.4) is 0 Å². The van der Waals surface area contributed by atoms with Gasteiger partial charge in [-0.3, -0.25) is 0 Å². The first-order valence-electron chi connectivity index (χ1n) is 7.06. The van der Waals surface area contributed by atoms with Crippen molar-refractivity contribution < 1.29 is 9.84 Å². The van der Waals surface area contributed by atoms with Crippen molar-refractivity contribution >= 4 is 11.6 Å². The van der Waals surface area contributed by atoms with Crippen LogP contribution in [0.25, 0.3) is 0 Å². The van der Waals surface area contributed by atoms with Crippen LogP contribution in [0.15, 0.2) is 42.5 Å². The Morgan fingerprint density at radius 1 is 1.24 bits per heavy atom. The molecule has 0 saturated carbocycles. The number of nitrogens with zero attached hydrogens (tertiary/aromatic N) is 1. The summed E-state index contributed by atoms with van der Waals surface area (Å²) in [6, 6.07) is 13.4. The molecule has 0 amide bonds. The van der Waals surface area contributed by atoms with Crippen LogP contribution in [0.2, 0.25) is 5.02 Å². The molecule has 4 rings (SSSR count). The zero-order valence-electron chi connectivity index (χ0n) is 11.7. The van der Waals surface area contributed by atoms with Gasteiger partial charge in [-0.25, -0.2) is 0 Å². The molecule has 1 saturated heterocycles. The van der Waals surface area contributed by atoms with Crippen LogP contribution in [-0.4, -0.2) is 30.1 Å². The lowest BCUT2D eigenvalue weighted by Gasteiger charge is -2.28. The van der Waals surface area contributed by atoms with E-state index in [2.05, 4.69) is 4.90 Å². The van der Waals surface area contributed by atoms with E-state index in [0.29, 0.717) is 17.3 Å². The number of hydrogen-bond donors (Lipinski definition) is 1. The number of likely N-dealkylation sites (N-methyl/N-ethyl adjacent to an activating group) is 1. The van der Waals surface area contributed by atoms with Crippen molar-refractivity contribution in [2.75, 3.05) is 20.1 Å². The van der Waals surface area contributed by atoms with E-state index in [4.69, 9.17) is 16.3 Å². The molecule has 0 spiro atoms. The van der Waals surface area contributed by atoms with Gasteiger partial charge in [0.15, 0.2) is 0 Å². The minimum Gasteiger partial charge on any atom is -0.457 e. The van der Waals surface area contributed by atoms with Crippen molar-refractivity contribution in [1.82, 2.24) is 4.90 Å². The van der Waals surface area contributed by atoms with Gasteiger partial charge in [0, 0.05) is 35.2 Å². The monoisotopic (exact) mass is 301 g/mol. The predicted molar refractivity (Wildman–Crippen MR) is 82.1 cm³/mol. The number of para-hydroxylation sites is 1. The predicted octanol–water partition coefficient (Wildman–Crippen LogP) is 3.36. The molecule has 21 heavy (non-hydrogen) atoms. The molecule has 2 heterocycles. The van der Waals surface area contributed by atoms with Gasteiger partial charge in [0.25, 0.3) is 0 Å². The number of aliphatic hydroxyl groups is 1. The maximum atomic E-state index is 11.4. The molecule has 2 aromatic rings. The number of hydrogen-bond acceptors (Lipinski definition) is 3. The van der Waals surface area contributed by atoms with E-state index in [1.165, 1.54) is 0 Å². The van der Waals surface area contributed by atoms with Gasteiger partial charge >= 0.3 is 0 Å². The molecule has 2 aliphatic rings. The molecule has 1 N–H and O–H groups in total. The van der Waals surface area contributed by atoms with Gasteiger partial charge < -0.3 is 14.7 Å². The summed E-state index contributed by atoms with van der Waals surface area (Å²) in [5.41, 5.74) is 0.860. The van der Waals surface area contributed by atoms with Crippen LogP contribution in [0.4, 0.5) is 0 Å². The largest absolute Gasteiger partial charge is 0.457 e. The van der Waals surface area contributed by atoms with Crippen molar-refractivity contribution in [2.45, 2.75) is 11.5 Å². The van der Waals surface area contributed by atoms with Gasteiger partial charge in [0.2, 0.25) is 0 Å². The molecule has 0 radical (unpaired) electrons. The quantitative estimate of drug-likeness (QED) is 0.810. The van der Waals surface area contributed by atoms with Gasteiger partial charge in [-0.05, 0) is 31.3 Å². The number of rotatable bonds is 0. The van der Waals surface area contributed by atoms with E-state index in [1.807, 2.05) is 43.4 Å².